The Morgan fingerprint density at radius 2 is 2.17 bits per heavy atom. The van der Waals surface area contributed by atoms with Gasteiger partial charge in [0.25, 0.3) is 5.91 Å². The predicted molar refractivity (Wildman–Crippen MR) is 109 cm³/mol. The van der Waals surface area contributed by atoms with Crippen molar-refractivity contribution in [1.29, 1.82) is 0 Å². The number of amides is 1. The third-order valence-electron chi connectivity index (χ3n) is 5.51. The molecule has 1 aliphatic rings. The van der Waals surface area contributed by atoms with Gasteiger partial charge in [-0.05, 0) is 56.0 Å². The van der Waals surface area contributed by atoms with Crippen molar-refractivity contribution in [2.24, 2.45) is 0 Å². The standard InChI is InChI=1S/C22H27N5O2/c1-3-27-20-7-6-17(24-14-16-8-10-23-11-9-16)13-19(20)21(25-27)22(28)26(2)15-18-5-4-12-29-18/h4-5,8-12,17,24H,3,6-7,13-15H2,1-2H3/t17-/m0/s1. The number of fused-ring (bicyclic) bond motifs is 1. The molecule has 0 bridgehead atoms. The van der Waals surface area contributed by atoms with Crippen LogP contribution >= 0.6 is 0 Å². The minimum absolute atomic E-state index is 0.0559. The molecular weight excluding hydrogens is 366 g/mol. The lowest BCUT2D eigenvalue weighted by molar-refractivity contribution is 0.0767. The van der Waals surface area contributed by atoms with Gasteiger partial charge in [0.15, 0.2) is 5.69 Å². The van der Waals surface area contributed by atoms with Crippen molar-refractivity contribution < 1.29 is 9.21 Å². The number of rotatable bonds is 7. The maximum Gasteiger partial charge on any atom is 0.274 e. The number of hydrogen-bond acceptors (Lipinski definition) is 5. The van der Waals surface area contributed by atoms with E-state index in [9.17, 15) is 4.79 Å². The van der Waals surface area contributed by atoms with Crippen LogP contribution in [0.4, 0.5) is 0 Å². The van der Waals surface area contributed by atoms with E-state index in [1.54, 1.807) is 18.2 Å². The molecule has 0 unspecified atom stereocenters. The minimum atomic E-state index is -0.0559. The minimum Gasteiger partial charge on any atom is -0.467 e. The Labute approximate surface area is 170 Å². The van der Waals surface area contributed by atoms with Crippen LogP contribution in [0.25, 0.3) is 0 Å². The number of pyridine rings is 1. The fourth-order valence-corrected chi connectivity index (χ4v) is 3.95. The molecule has 0 aromatic carbocycles. The number of nitrogens with one attached hydrogen (secondary N) is 1. The van der Waals surface area contributed by atoms with Gasteiger partial charge in [0, 0.05) is 49.8 Å². The summed E-state index contributed by atoms with van der Waals surface area (Å²) < 4.78 is 7.37. The van der Waals surface area contributed by atoms with Crippen molar-refractivity contribution in [3.05, 3.63) is 71.2 Å². The van der Waals surface area contributed by atoms with Crippen LogP contribution in [0.1, 0.15) is 46.4 Å². The van der Waals surface area contributed by atoms with Crippen LogP contribution < -0.4 is 5.32 Å². The van der Waals surface area contributed by atoms with Crippen LogP contribution in [0, 0.1) is 0 Å². The van der Waals surface area contributed by atoms with Gasteiger partial charge in [0.05, 0.1) is 12.8 Å². The third-order valence-corrected chi connectivity index (χ3v) is 5.51. The van der Waals surface area contributed by atoms with Crippen LogP contribution in [0.5, 0.6) is 0 Å². The Bertz CT molecular complexity index is 949. The highest BCUT2D eigenvalue weighted by Gasteiger charge is 2.30. The van der Waals surface area contributed by atoms with Gasteiger partial charge < -0.3 is 14.6 Å². The topological polar surface area (TPSA) is 76.2 Å². The van der Waals surface area contributed by atoms with Gasteiger partial charge in [0.2, 0.25) is 0 Å². The first-order valence-electron chi connectivity index (χ1n) is 10.1. The first-order valence-corrected chi connectivity index (χ1v) is 10.1. The normalized spacial score (nSPS) is 15.9. The lowest BCUT2D eigenvalue weighted by atomic mass is 9.91. The Kier molecular flexibility index (Phi) is 5.76. The van der Waals surface area contributed by atoms with Crippen LogP contribution in [0.3, 0.4) is 0 Å². The second-order valence-electron chi connectivity index (χ2n) is 7.51. The number of carbonyl (C=O) groups is 1. The second-order valence-corrected chi connectivity index (χ2v) is 7.51. The number of carbonyl (C=O) groups excluding carboxylic acids is 1. The number of nitrogens with zero attached hydrogens (tertiary/aromatic N) is 4. The van der Waals surface area contributed by atoms with Crippen molar-refractivity contribution >= 4 is 5.91 Å². The summed E-state index contributed by atoms with van der Waals surface area (Å²) in [4.78, 5) is 18.9. The monoisotopic (exact) mass is 393 g/mol. The summed E-state index contributed by atoms with van der Waals surface area (Å²) in [6, 6.07) is 8.08. The van der Waals surface area contributed by atoms with Gasteiger partial charge in [-0.25, -0.2) is 0 Å². The molecular formula is C22H27N5O2. The quantitative estimate of drug-likeness (QED) is 0.668. The van der Waals surface area contributed by atoms with Gasteiger partial charge >= 0.3 is 0 Å². The molecule has 0 spiro atoms. The second kappa shape index (κ2) is 8.61. The highest BCUT2D eigenvalue weighted by atomic mass is 16.3. The van der Waals surface area contributed by atoms with Gasteiger partial charge in [-0.1, -0.05) is 0 Å². The van der Waals surface area contributed by atoms with E-state index < -0.39 is 0 Å². The zero-order chi connectivity index (χ0) is 20.2. The fourth-order valence-electron chi connectivity index (χ4n) is 3.95. The van der Waals surface area contributed by atoms with Crippen molar-refractivity contribution in [3.63, 3.8) is 0 Å². The van der Waals surface area contributed by atoms with Crippen LogP contribution in [0.15, 0.2) is 47.3 Å². The highest BCUT2D eigenvalue weighted by Crippen LogP contribution is 2.26. The van der Waals surface area contributed by atoms with Gasteiger partial charge in [-0.15, -0.1) is 0 Å². The molecule has 7 nitrogen and oxygen atoms in total. The summed E-state index contributed by atoms with van der Waals surface area (Å²) in [6.07, 6.45) is 8.04. The van der Waals surface area contributed by atoms with Crippen molar-refractivity contribution in [3.8, 4) is 0 Å². The lowest BCUT2D eigenvalue weighted by Gasteiger charge is -2.25. The van der Waals surface area contributed by atoms with Crippen LogP contribution in [0.2, 0.25) is 0 Å². The van der Waals surface area contributed by atoms with E-state index in [1.807, 2.05) is 41.3 Å². The summed E-state index contributed by atoms with van der Waals surface area (Å²) in [5.41, 5.74) is 4.07. The molecule has 0 saturated carbocycles. The first-order chi connectivity index (χ1) is 14.2. The zero-order valence-electron chi connectivity index (χ0n) is 17.0. The highest BCUT2D eigenvalue weighted by molar-refractivity contribution is 5.94. The summed E-state index contributed by atoms with van der Waals surface area (Å²) >= 11 is 0. The zero-order valence-corrected chi connectivity index (χ0v) is 17.0. The van der Waals surface area contributed by atoms with E-state index in [1.165, 1.54) is 11.3 Å². The van der Waals surface area contributed by atoms with E-state index in [2.05, 4.69) is 22.3 Å². The van der Waals surface area contributed by atoms with Crippen molar-refractivity contribution in [2.75, 3.05) is 7.05 Å². The van der Waals surface area contributed by atoms with Gasteiger partial charge in [0.1, 0.15) is 5.76 Å². The van der Waals surface area contributed by atoms with Gasteiger partial charge in [-0.2, -0.15) is 5.10 Å². The molecule has 1 aliphatic carbocycles. The molecule has 1 amide bonds. The summed E-state index contributed by atoms with van der Waals surface area (Å²) in [5, 5.41) is 8.31. The Balaban J connectivity index is 1.49. The predicted octanol–water partition coefficient (Wildman–Crippen LogP) is 2.81. The van der Waals surface area contributed by atoms with Crippen molar-refractivity contribution in [2.45, 2.75) is 51.9 Å². The maximum absolute atomic E-state index is 13.1. The summed E-state index contributed by atoms with van der Waals surface area (Å²) in [6.45, 7) is 4.07. The van der Waals surface area contributed by atoms with E-state index in [0.717, 1.165) is 43.7 Å². The average molecular weight is 393 g/mol. The fraction of sp³-hybridized carbons (Fsp3) is 0.409. The smallest absolute Gasteiger partial charge is 0.274 e. The molecule has 0 saturated heterocycles. The molecule has 1 N–H and O–H groups in total. The Hall–Kier alpha value is -2.93. The number of aryl methyl sites for hydroxylation is 1. The number of hydrogen-bond donors (Lipinski definition) is 1. The molecule has 4 rings (SSSR count). The lowest BCUT2D eigenvalue weighted by Crippen LogP contribution is -2.35. The number of aromatic nitrogens is 3. The Morgan fingerprint density at radius 3 is 2.90 bits per heavy atom. The molecule has 3 heterocycles. The van der Waals surface area contributed by atoms with Crippen LogP contribution in [-0.4, -0.2) is 38.7 Å². The molecule has 1 atom stereocenters. The van der Waals surface area contributed by atoms with E-state index in [4.69, 9.17) is 4.42 Å². The average Bonchev–Trinajstić information content (AvgIpc) is 3.39. The largest absolute Gasteiger partial charge is 0.467 e. The first kappa shape index (κ1) is 19.4. The van der Waals surface area contributed by atoms with Crippen LogP contribution in [-0.2, 0) is 32.5 Å². The van der Waals surface area contributed by atoms with Gasteiger partial charge in [-0.3, -0.25) is 14.5 Å². The molecule has 0 radical (unpaired) electrons. The summed E-state index contributed by atoms with van der Waals surface area (Å²) in [5.74, 6) is 0.709. The summed E-state index contributed by atoms with van der Waals surface area (Å²) in [7, 11) is 1.80. The SMILES string of the molecule is CCn1nc(C(=O)N(C)Cc2ccco2)c2c1CC[C@H](NCc1ccncc1)C2. The Morgan fingerprint density at radius 1 is 1.34 bits per heavy atom. The van der Waals surface area contributed by atoms with E-state index in [-0.39, 0.29) is 5.91 Å². The molecule has 7 heteroatoms. The maximum atomic E-state index is 13.1. The number of furan rings is 1. The molecule has 29 heavy (non-hydrogen) atoms. The molecule has 3 aromatic rings. The molecule has 3 aromatic heterocycles. The van der Waals surface area contributed by atoms with E-state index in [0.29, 0.717) is 18.3 Å². The van der Waals surface area contributed by atoms with Crippen molar-refractivity contribution in [1.82, 2.24) is 25.0 Å². The van der Waals surface area contributed by atoms with E-state index >= 15 is 0 Å². The molecule has 152 valence electrons. The third kappa shape index (κ3) is 4.24. The molecule has 0 fully saturated rings. The molecule has 0 aliphatic heterocycles.